The van der Waals surface area contributed by atoms with Crippen LogP contribution < -0.4 is 16.0 Å². The van der Waals surface area contributed by atoms with E-state index >= 15 is 0 Å². The molecule has 0 radical (unpaired) electrons. The van der Waals surface area contributed by atoms with Crippen LogP contribution in [0.3, 0.4) is 0 Å². The minimum absolute atomic E-state index is 0.0944. The molecule has 0 saturated carbocycles. The van der Waals surface area contributed by atoms with Crippen molar-refractivity contribution in [3.8, 4) is 5.82 Å². The Morgan fingerprint density at radius 3 is 2.59 bits per heavy atom. The Morgan fingerprint density at radius 2 is 1.81 bits per heavy atom. The van der Waals surface area contributed by atoms with Gasteiger partial charge in [0.15, 0.2) is 11.5 Å². The number of fused-ring (bicyclic) bond motifs is 1. The van der Waals surface area contributed by atoms with Crippen molar-refractivity contribution >= 4 is 17.0 Å². The van der Waals surface area contributed by atoms with Gasteiger partial charge in [-0.2, -0.15) is 10.1 Å². The molecule has 4 aromatic rings. The second kappa shape index (κ2) is 8.35. The number of hydrogen-bond acceptors (Lipinski definition) is 8. The summed E-state index contributed by atoms with van der Waals surface area (Å²) in [6.45, 7) is 4.25. The summed E-state index contributed by atoms with van der Waals surface area (Å²) in [6, 6.07) is 8.49. The third-order valence-corrected chi connectivity index (χ3v) is 5.70. The number of nitrogens with zero attached hydrogens (tertiary/aromatic N) is 9. The molecule has 1 fully saturated rings. The number of rotatable bonds is 5. The summed E-state index contributed by atoms with van der Waals surface area (Å²) in [5.74, 6) is 1.24. The van der Waals surface area contributed by atoms with Gasteiger partial charge >= 0.3 is 0 Å². The minimum atomic E-state index is -0.137. The second-order valence-electron chi connectivity index (χ2n) is 7.68. The molecule has 0 atom stereocenters. The summed E-state index contributed by atoms with van der Waals surface area (Å²) < 4.78 is 4.69. The van der Waals surface area contributed by atoms with Crippen LogP contribution in [0.25, 0.3) is 16.9 Å². The van der Waals surface area contributed by atoms with Gasteiger partial charge in [-0.15, -0.1) is 5.10 Å². The summed E-state index contributed by atoms with van der Waals surface area (Å²) >= 11 is 0. The fraction of sp³-hybridized carbons (Fsp3) is 0.333. The van der Waals surface area contributed by atoms with E-state index in [1.54, 1.807) is 53.1 Å². The van der Waals surface area contributed by atoms with E-state index in [2.05, 4.69) is 30.0 Å². The Balaban J connectivity index is 1.25. The molecular weight excluding hydrogens is 410 g/mol. The number of hydrogen-bond donors (Lipinski definition) is 0. The highest BCUT2D eigenvalue weighted by Gasteiger charge is 2.21. The summed E-state index contributed by atoms with van der Waals surface area (Å²) in [7, 11) is 1.74. The van der Waals surface area contributed by atoms with Crippen molar-refractivity contribution in [1.29, 1.82) is 0 Å². The fourth-order valence-electron chi connectivity index (χ4n) is 3.91. The number of pyridine rings is 1. The zero-order valence-electron chi connectivity index (χ0n) is 17.7. The monoisotopic (exact) mass is 433 g/mol. The van der Waals surface area contributed by atoms with Crippen LogP contribution in [0.2, 0.25) is 0 Å². The van der Waals surface area contributed by atoms with Crippen LogP contribution in [-0.2, 0) is 13.6 Å². The molecule has 0 aromatic carbocycles. The molecule has 0 N–H and O–H groups in total. The van der Waals surface area contributed by atoms with Crippen LogP contribution in [0.1, 0.15) is 0 Å². The lowest BCUT2D eigenvalue weighted by Gasteiger charge is -2.35. The molecule has 4 aromatic heterocycles. The van der Waals surface area contributed by atoms with E-state index in [4.69, 9.17) is 0 Å². The first-order valence-electron chi connectivity index (χ1n) is 10.5. The van der Waals surface area contributed by atoms with Crippen LogP contribution in [-0.4, -0.2) is 71.7 Å². The summed E-state index contributed by atoms with van der Waals surface area (Å²) in [5.41, 5.74) is 0.237. The molecule has 164 valence electrons. The molecule has 5 rings (SSSR count). The molecule has 0 aliphatic carbocycles. The Labute approximate surface area is 183 Å². The van der Waals surface area contributed by atoms with Crippen LogP contribution in [0, 0.1) is 0 Å². The lowest BCUT2D eigenvalue weighted by Crippen LogP contribution is -2.49. The largest absolute Gasteiger partial charge is 0.340 e. The third-order valence-electron chi connectivity index (χ3n) is 5.70. The molecule has 0 unspecified atom stereocenters. The smallest absolute Gasteiger partial charge is 0.266 e. The van der Waals surface area contributed by atoms with Gasteiger partial charge in [0, 0.05) is 64.4 Å². The van der Waals surface area contributed by atoms with E-state index in [0.717, 1.165) is 26.2 Å². The van der Waals surface area contributed by atoms with Gasteiger partial charge in [0.1, 0.15) is 0 Å². The lowest BCUT2D eigenvalue weighted by molar-refractivity contribution is 0.241. The van der Waals surface area contributed by atoms with Gasteiger partial charge in [-0.25, -0.2) is 14.3 Å². The highest BCUT2D eigenvalue weighted by Crippen LogP contribution is 2.14. The molecule has 1 aliphatic heterocycles. The zero-order chi connectivity index (χ0) is 22.1. The maximum absolute atomic E-state index is 12.7. The molecule has 1 saturated heterocycles. The first kappa shape index (κ1) is 20.1. The quantitative estimate of drug-likeness (QED) is 0.429. The van der Waals surface area contributed by atoms with Crippen LogP contribution >= 0.6 is 0 Å². The molecule has 11 nitrogen and oxygen atoms in total. The van der Waals surface area contributed by atoms with E-state index in [0.29, 0.717) is 35.9 Å². The molecule has 1 aliphatic rings. The van der Waals surface area contributed by atoms with Gasteiger partial charge < -0.3 is 4.90 Å². The van der Waals surface area contributed by atoms with Crippen molar-refractivity contribution < 1.29 is 0 Å². The summed E-state index contributed by atoms with van der Waals surface area (Å²) in [5, 5.41) is 9.11. The van der Waals surface area contributed by atoms with Gasteiger partial charge in [0.2, 0.25) is 5.95 Å². The average Bonchev–Trinajstić information content (AvgIpc) is 3.36. The van der Waals surface area contributed by atoms with Gasteiger partial charge in [-0.05, 0) is 24.3 Å². The normalized spacial score (nSPS) is 14.8. The minimum Gasteiger partial charge on any atom is -0.340 e. The second-order valence-corrected chi connectivity index (χ2v) is 7.68. The van der Waals surface area contributed by atoms with E-state index in [9.17, 15) is 9.59 Å². The van der Waals surface area contributed by atoms with E-state index < -0.39 is 0 Å². The highest BCUT2D eigenvalue weighted by atomic mass is 16.1. The standard InChI is InChI=1S/C21H23N9O2/c1-26-20(32)16-4-2-7-22-19(16)24-21(26)28-13-10-27(11-14-28)12-15-30-18(31)6-5-17(25-30)29-9-3-8-23-29/h2-9H,10-15H2,1H3. The molecule has 0 amide bonds. The molecule has 5 heterocycles. The molecule has 0 spiro atoms. The maximum Gasteiger partial charge on any atom is 0.266 e. The van der Waals surface area contributed by atoms with Crippen molar-refractivity contribution in [2.24, 2.45) is 7.05 Å². The summed E-state index contributed by atoms with van der Waals surface area (Å²) in [6.07, 6.45) is 5.11. The van der Waals surface area contributed by atoms with Gasteiger partial charge in [0.05, 0.1) is 11.9 Å². The topological polar surface area (TPSA) is 107 Å². The van der Waals surface area contributed by atoms with Crippen molar-refractivity contribution in [2.75, 3.05) is 37.6 Å². The van der Waals surface area contributed by atoms with Crippen molar-refractivity contribution in [1.82, 2.24) is 39.0 Å². The number of aromatic nitrogens is 7. The third kappa shape index (κ3) is 3.78. The van der Waals surface area contributed by atoms with E-state index in [1.165, 1.54) is 10.7 Å². The lowest BCUT2D eigenvalue weighted by atomic mass is 10.3. The van der Waals surface area contributed by atoms with Crippen LogP contribution in [0.4, 0.5) is 5.95 Å². The molecule has 11 heteroatoms. The average molecular weight is 433 g/mol. The molecule has 32 heavy (non-hydrogen) atoms. The number of piperazine rings is 1. The van der Waals surface area contributed by atoms with Gasteiger partial charge in [0.25, 0.3) is 11.1 Å². The Hall–Kier alpha value is -3.86. The SMILES string of the molecule is Cn1c(N2CCN(CCn3nc(-n4cccn4)ccc3=O)CC2)nc2ncccc2c1=O. The van der Waals surface area contributed by atoms with Crippen molar-refractivity contribution in [2.45, 2.75) is 6.54 Å². The highest BCUT2D eigenvalue weighted by molar-refractivity contribution is 5.74. The first-order valence-corrected chi connectivity index (χ1v) is 10.5. The fourth-order valence-corrected chi connectivity index (χ4v) is 3.91. The van der Waals surface area contributed by atoms with Gasteiger partial charge in [-0.1, -0.05) is 0 Å². The van der Waals surface area contributed by atoms with Crippen LogP contribution in [0.5, 0.6) is 0 Å². The zero-order valence-corrected chi connectivity index (χ0v) is 17.7. The molecule has 0 bridgehead atoms. The summed E-state index contributed by atoms with van der Waals surface area (Å²) in [4.78, 5) is 38.1. The number of anilines is 1. The predicted octanol–water partition coefficient (Wildman–Crippen LogP) is -0.107. The Kier molecular flexibility index (Phi) is 5.23. The predicted molar refractivity (Wildman–Crippen MR) is 119 cm³/mol. The van der Waals surface area contributed by atoms with E-state index in [1.807, 2.05) is 6.07 Å². The first-order chi connectivity index (χ1) is 15.6. The van der Waals surface area contributed by atoms with Gasteiger partial charge in [-0.3, -0.25) is 19.1 Å². The van der Waals surface area contributed by atoms with Crippen molar-refractivity contribution in [3.05, 3.63) is 69.6 Å². The Bertz CT molecular complexity index is 1350. The Morgan fingerprint density at radius 1 is 0.969 bits per heavy atom. The maximum atomic E-state index is 12.7. The van der Waals surface area contributed by atoms with E-state index in [-0.39, 0.29) is 11.1 Å². The van der Waals surface area contributed by atoms with Crippen LogP contribution in [0.15, 0.2) is 58.5 Å². The van der Waals surface area contributed by atoms with Crippen molar-refractivity contribution in [3.63, 3.8) is 0 Å². The molecular formula is C21H23N9O2.